The Balaban J connectivity index is 1.28. The van der Waals surface area contributed by atoms with Crippen LogP contribution in [0.5, 0.6) is 0 Å². The molecule has 4 bridgehead atoms. The number of benzene rings is 1. The molecule has 1 atom stereocenters. The third kappa shape index (κ3) is 4.07. The van der Waals surface area contributed by atoms with E-state index in [0.717, 1.165) is 37.0 Å². The summed E-state index contributed by atoms with van der Waals surface area (Å²) in [6.07, 6.45) is 8.92. The van der Waals surface area contributed by atoms with Crippen LogP contribution < -0.4 is 10.9 Å². The lowest BCUT2D eigenvalue weighted by Crippen LogP contribution is -2.60. The fourth-order valence-electron chi connectivity index (χ4n) is 6.80. The molecule has 4 aliphatic rings. The van der Waals surface area contributed by atoms with Crippen molar-refractivity contribution in [2.45, 2.75) is 67.9 Å². The van der Waals surface area contributed by atoms with Crippen molar-refractivity contribution in [3.63, 3.8) is 0 Å². The first-order valence-electron chi connectivity index (χ1n) is 12.1. The molecule has 1 unspecified atom stereocenters. The molecule has 4 saturated carbocycles. The summed E-state index contributed by atoms with van der Waals surface area (Å²) in [4.78, 5) is 31.5. The van der Waals surface area contributed by atoms with Crippen LogP contribution in [0.2, 0.25) is 5.02 Å². The number of hydrogen-bond acceptors (Lipinski definition) is 5. The predicted octanol–water partition coefficient (Wildman–Crippen LogP) is 5.26. The van der Waals surface area contributed by atoms with E-state index in [0.29, 0.717) is 26.8 Å². The van der Waals surface area contributed by atoms with Crippen molar-refractivity contribution in [3.05, 3.63) is 57.7 Å². The van der Waals surface area contributed by atoms with Crippen molar-refractivity contribution in [2.24, 2.45) is 17.8 Å². The maximum absolute atomic E-state index is 13.4. The molecule has 0 radical (unpaired) electrons. The molecule has 0 spiro atoms. The minimum Gasteiger partial charge on any atom is -0.467 e. The molecular weight excluding hydrogens is 470 g/mol. The second-order valence-electron chi connectivity index (χ2n) is 10.5. The molecule has 1 aromatic carbocycles. The van der Waals surface area contributed by atoms with E-state index in [2.05, 4.69) is 5.32 Å². The fraction of sp³-hybridized carbons (Fsp3) is 0.500. The number of halogens is 1. The van der Waals surface area contributed by atoms with Gasteiger partial charge in [0.1, 0.15) is 5.76 Å². The number of amides is 1. The van der Waals surface area contributed by atoms with Crippen LogP contribution in [0.15, 0.2) is 51.0 Å². The molecule has 0 aliphatic heterocycles. The third-order valence-corrected chi connectivity index (χ3v) is 9.18. The van der Waals surface area contributed by atoms with Gasteiger partial charge in [0.05, 0.1) is 29.0 Å². The summed E-state index contributed by atoms with van der Waals surface area (Å²) in [6, 6.07) is 8.71. The van der Waals surface area contributed by atoms with Crippen molar-refractivity contribution in [1.82, 2.24) is 14.9 Å². The van der Waals surface area contributed by atoms with E-state index in [9.17, 15) is 9.59 Å². The van der Waals surface area contributed by atoms with Gasteiger partial charge >= 0.3 is 0 Å². The number of rotatable bonds is 6. The zero-order valence-electron chi connectivity index (χ0n) is 19.1. The SMILES string of the molecule is CC(Sc1nc2cc(Cl)ccc2c(=O)n1Cc1ccco1)C(=O)NC12CC3CC(CC(C3)C1)C2. The van der Waals surface area contributed by atoms with E-state index >= 15 is 0 Å². The van der Waals surface area contributed by atoms with Gasteiger partial charge < -0.3 is 9.73 Å². The molecule has 1 N–H and O–H groups in total. The van der Waals surface area contributed by atoms with Crippen molar-refractivity contribution >= 4 is 40.2 Å². The first-order chi connectivity index (χ1) is 16.4. The Morgan fingerprint density at radius 3 is 2.59 bits per heavy atom. The van der Waals surface area contributed by atoms with Crippen molar-refractivity contribution in [3.8, 4) is 0 Å². The molecule has 8 heteroatoms. The smallest absolute Gasteiger partial charge is 0.262 e. The number of thioether (sulfide) groups is 1. The molecule has 4 aliphatic carbocycles. The van der Waals surface area contributed by atoms with Gasteiger partial charge in [0.25, 0.3) is 5.56 Å². The normalized spacial score (nSPS) is 28.4. The van der Waals surface area contributed by atoms with Crippen LogP contribution in [0.25, 0.3) is 10.9 Å². The zero-order chi connectivity index (χ0) is 23.4. The average Bonchev–Trinajstić information content (AvgIpc) is 3.28. The topological polar surface area (TPSA) is 77.1 Å². The lowest BCUT2D eigenvalue weighted by Gasteiger charge is -2.57. The maximum Gasteiger partial charge on any atom is 0.262 e. The molecule has 2 heterocycles. The van der Waals surface area contributed by atoms with Gasteiger partial charge in [-0.25, -0.2) is 4.98 Å². The van der Waals surface area contributed by atoms with Crippen LogP contribution in [0.4, 0.5) is 0 Å². The summed E-state index contributed by atoms with van der Waals surface area (Å²) in [5.74, 6) is 2.97. The van der Waals surface area contributed by atoms with Crippen LogP contribution in [-0.2, 0) is 11.3 Å². The highest BCUT2D eigenvalue weighted by atomic mass is 35.5. The molecule has 3 aromatic rings. The summed E-state index contributed by atoms with van der Waals surface area (Å²) < 4.78 is 7.08. The van der Waals surface area contributed by atoms with Gasteiger partial charge in [0.15, 0.2) is 5.16 Å². The van der Waals surface area contributed by atoms with Gasteiger partial charge in [-0.3, -0.25) is 14.2 Å². The van der Waals surface area contributed by atoms with E-state index in [4.69, 9.17) is 21.0 Å². The zero-order valence-corrected chi connectivity index (χ0v) is 20.7. The first-order valence-corrected chi connectivity index (χ1v) is 13.3. The number of carbonyl (C=O) groups excluding carboxylic acids is 1. The Bertz CT molecular complexity index is 1270. The van der Waals surface area contributed by atoms with Crippen LogP contribution >= 0.6 is 23.4 Å². The van der Waals surface area contributed by atoms with Gasteiger partial charge in [0, 0.05) is 10.6 Å². The van der Waals surface area contributed by atoms with Crippen molar-refractivity contribution < 1.29 is 9.21 Å². The summed E-state index contributed by atoms with van der Waals surface area (Å²) in [6.45, 7) is 2.15. The van der Waals surface area contributed by atoms with Crippen LogP contribution in [0.1, 0.15) is 51.2 Å². The number of nitrogens with zero attached hydrogens (tertiary/aromatic N) is 2. The van der Waals surface area contributed by atoms with E-state index in [-0.39, 0.29) is 28.8 Å². The number of furan rings is 1. The quantitative estimate of drug-likeness (QED) is 0.371. The van der Waals surface area contributed by atoms with Gasteiger partial charge in [-0.15, -0.1) is 0 Å². The number of aromatic nitrogens is 2. The lowest BCUT2D eigenvalue weighted by molar-refractivity contribution is -0.126. The minimum atomic E-state index is -0.389. The maximum atomic E-state index is 13.4. The van der Waals surface area contributed by atoms with Gasteiger partial charge in [-0.2, -0.15) is 0 Å². The summed E-state index contributed by atoms with van der Waals surface area (Å²) in [7, 11) is 0. The molecule has 178 valence electrons. The van der Waals surface area contributed by atoms with Gasteiger partial charge in [0.2, 0.25) is 5.91 Å². The van der Waals surface area contributed by atoms with E-state index in [1.54, 1.807) is 35.1 Å². The summed E-state index contributed by atoms with van der Waals surface area (Å²) in [5.41, 5.74) is 0.317. The summed E-state index contributed by atoms with van der Waals surface area (Å²) >= 11 is 7.49. The Kier molecular flexibility index (Phi) is 5.52. The van der Waals surface area contributed by atoms with Crippen molar-refractivity contribution in [1.29, 1.82) is 0 Å². The first kappa shape index (κ1) is 22.2. The molecule has 1 amide bonds. The fourth-order valence-corrected chi connectivity index (χ4v) is 7.87. The van der Waals surface area contributed by atoms with E-state index in [1.807, 2.05) is 13.0 Å². The average molecular weight is 498 g/mol. The highest BCUT2D eigenvalue weighted by molar-refractivity contribution is 8.00. The molecule has 6 nitrogen and oxygen atoms in total. The van der Waals surface area contributed by atoms with E-state index < -0.39 is 0 Å². The highest BCUT2D eigenvalue weighted by Gasteiger charge is 2.51. The number of nitrogens with one attached hydrogen (secondary N) is 1. The van der Waals surface area contributed by atoms with Crippen molar-refractivity contribution in [2.75, 3.05) is 0 Å². The number of carbonyl (C=O) groups is 1. The third-order valence-electron chi connectivity index (χ3n) is 7.85. The Labute approximate surface area is 207 Å². The predicted molar refractivity (Wildman–Crippen MR) is 133 cm³/mol. The standard InChI is InChI=1S/C26H28ClN3O3S/c1-15(23(31)29-26-11-16-7-17(12-26)9-18(8-16)13-26)34-25-28-22-10-19(27)4-5-21(22)24(32)30(25)14-20-3-2-6-33-20/h2-6,10,15-18H,7-9,11-14H2,1H3,(H,29,31). The number of fused-ring (bicyclic) bond motifs is 1. The molecular formula is C26H28ClN3O3S. The Morgan fingerprint density at radius 2 is 1.94 bits per heavy atom. The molecule has 2 aromatic heterocycles. The van der Waals surface area contributed by atoms with Crippen LogP contribution in [0, 0.1) is 17.8 Å². The molecule has 0 saturated heterocycles. The molecule has 4 fully saturated rings. The molecule has 7 rings (SSSR count). The van der Waals surface area contributed by atoms with Crippen LogP contribution in [0.3, 0.4) is 0 Å². The number of hydrogen-bond donors (Lipinski definition) is 1. The second-order valence-corrected chi connectivity index (χ2v) is 12.2. The van der Waals surface area contributed by atoms with Gasteiger partial charge in [-0.1, -0.05) is 23.4 Å². The largest absolute Gasteiger partial charge is 0.467 e. The second kappa shape index (κ2) is 8.45. The lowest BCUT2D eigenvalue weighted by atomic mass is 9.53. The Hall–Kier alpha value is -2.25. The monoisotopic (exact) mass is 497 g/mol. The summed E-state index contributed by atoms with van der Waals surface area (Å²) in [5, 5.41) is 4.57. The highest BCUT2D eigenvalue weighted by Crippen LogP contribution is 2.55. The minimum absolute atomic E-state index is 0.0249. The van der Waals surface area contributed by atoms with Crippen LogP contribution in [-0.4, -0.2) is 26.2 Å². The van der Waals surface area contributed by atoms with Gasteiger partial charge in [-0.05, 0) is 93.5 Å². The van der Waals surface area contributed by atoms with E-state index in [1.165, 1.54) is 31.0 Å². The Morgan fingerprint density at radius 1 is 1.24 bits per heavy atom. The molecule has 34 heavy (non-hydrogen) atoms.